The number of benzene rings is 1. The number of carbonyl (C=O) groups excluding carboxylic acids is 2. The molecule has 0 unspecified atom stereocenters. The van der Waals surface area contributed by atoms with Crippen LogP contribution in [0.4, 0.5) is 0 Å². The van der Waals surface area contributed by atoms with Gasteiger partial charge in [-0.3, -0.25) is 14.5 Å². The molecule has 0 atom stereocenters. The van der Waals surface area contributed by atoms with Gasteiger partial charge in [-0.1, -0.05) is 43.7 Å². The highest BCUT2D eigenvalue weighted by molar-refractivity contribution is 5.81. The number of likely N-dealkylation sites (N-methyl/N-ethyl adjacent to an activating group) is 2. The van der Waals surface area contributed by atoms with Gasteiger partial charge in [0.1, 0.15) is 0 Å². The van der Waals surface area contributed by atoms with E-state index in [0.717, 1.165) is 12.8 Å². The van der Waals surface area contributed by atoms with Gasteiger partial charge < -0.3 is 10.6 Å². The molecule has 0 heterocycles. The predicted octanol–water partition coefficient (Wildman–Crippen LogP) is 1.68. The number of nitrogens with zero attached hydrogens (tertiary/aromatic N) is 1. The maximum Gasteiger partial charge on any atom is 0.234 e. The van der Waals surface area contributed by atoms with Gasteiger partial charge in [0.15, 0.2) is 0 Å². The molecule has 0 aromatic heterocycles. The minimum Gasteiger partial charge on any atom is -0.355 e. The molecular formula is C19H29N3O2. The van der Waals surface area contributed by atoms with Crippen LogP contribution in [0.5, 0.6) is 0 Å². The van der Waals surface area contributed by atoms with Crippen LogP contribution < -0.4 is 10.6 Å². The summed E-state index contributed by atoms with van der Waals surface area (Å²) in [4.78, 5) is 25.8. The van der Waals surface area contributed by atoms with Gasteiger partial charge in [0.2, 0.25) is 11.8 Å². The lowest BCUT2D eigenvalue weighted by Gasteiger charge is -2.42. The predicted molar refractivity (Wildman–Crippen MR) is 95.8 cm³/mol. The molecule has 1 saturated carbocycles. The van der Waals surface area contributed by atoms with E-state index in [1.165, 1.54) is 12.0 Å². The smallest absolute Gasteiger partial charge is 0.234 e. The van der Waals surface area contributed by atoms with Crippen molar-refractivity contribution in [2.45, 2.75) is 38.5 Å². The molecule has 0 aliphatic heterocycles. The Labute approximate surface area is 144 Å². The molecule has 1 fully saturated rings. The zero-order valence-corrected chi connectivity index (χ0v) is 14.8. The summed E-state index contributed by atoms with van der Waals surface area (Å²) in [7, 11) is 0. The normalized spacial score (nSPS) is 15.6. The minimum absolute atomic E-state index is 0.0108. The molecular weight excluding hydrogens is 302 g/mol. The fourth-order valence-electron chi connectivity index (χ4n) is 3.23. The third-order valence-corrected chi connectivity index (χ3v) is 4.88. The largest absolute Gasteiger partial charge is 0.355 e. The Bertz CT molecular complexity index is 541. The molecule has 132 valence electrons. The lowest BCUT2D eigenvalue weighted by atomic mass is 9.64. The molecule has 1 aromatic rings. The van der Waals surface area contributed by atoms with E-state index in [-0.39, 0.29) is 30.3 Å². The van der Waals surface area contributed by atoms with Crippen LogP contribution in [0.15, 0.2) is 30.3 Å². The second kappa shape index (κ2) is 8.83. The lowest BCUT2D eigenvalue weighted by Crippen LogP contribution is -2.48. The van der Waals surface area contributed by atoms with Gasteiger partial charge in [-0.2, -0.15) is 0 Å². The Morgan fingerprint density at radius 2 is 1.67 bits per heavy atom. The SMILES string of the molecule is CCNC(=O)CN(CC)CC(=O)NCC1(c2ccccc2)CCC1. The summed E-state index contributed by atoms with van der Waals surface area (Å²) in [5.41, 5.74) is 1.40. The molecule has 5 nitrogen and oxygen atoms in total. The van der Waals surface area contributed by atoms with E-state index < -0.39 is 0 Å². The zero-order chi connectivity index (χ0) is 17.4. The van der Waals surface area contributed by atoms with Crippen LogP contribution in [0.3, 0.4) is 0 Å². The average molecular weight is 331 g/mol. The molecule has 2 amide bonds. The number of amides is 2. The summed E-state index contributed by atoms with van der Waals surface area (Å²) in [5.74, 6) is -0.0461. The summed E-state index contributed by atoms with van der Waals surface area (Å²) in [6.45, 7) is 6.34. The van der Waals surface area contributed by atoms with Gasteiger partial charge in [-0.15, -0.1) is 0 Å². The summed E-state index contributed by atoms with van der Waals surface area (Å²) in [5, 5.41) is 5.85. The summed E-state index contributed by atoms with van der Waals surface area (Å²) >= 11 is 0. The number of rotatable bonds is 9. The van der Waals surface area contributed by atoms with Gasteiger partial charge in [-0.05, 0) is 31.9 Å². The van der Waals surface area contributed by atoms with E-state index in [2.05, 4.69) is 34.9 Å². The molecule has 5 heteroatoms. The van der Waals surface area contributed by atoms with E-state index in [9.17, 15) is 9.59 Å². The number of hydrogen-bond acceptors (Lipinski definition) is 3. The van der Waals surface area contributed by atoms with E-state index in [4.69, 9.17) is 0 Å². The van der Waals surface area contributed by atoms with Crippen molar-refractivity contribution in [1.82, 2.24) is 15.5 Å². The number of carbonyl (C=O) groups is 2. The zero-order valence-electron chi connectivity index (χ0n) is 14.8. The highest BCUT2D eigenvalue weighted by Gasteiger charge is 2.38. The van der Waals surface area contributed by atoms with E-state index in [1.54, 1.807) is 0 Å². The summed E-state index contributed by atoms with van der Waals surface area (Å²) < 4.78 is 0. The topological polar surface area (TPSA) is 61.4 Å². The molecule has 1 aromatic carbocycles. The second-order valence-electron chi connectivity index (χ2n) is 6.53. The molecule has 1 aliphatic carbocycles. The van der Waals surface area contributed by atoms with Crippen molar-refractivity contribution in [3.8, 4) is 0 Å². The van der Waals surface area contributed by atoms with E-state index in [0.29, 0.717) is 19.6 Å². The van der Waals surface area contributed by atoms with Crippen LogP contribution in [-0.2, 0) is 15.0 Å². The third kappa shape index (κ3) is 4.81. The molecule has 0 radical (unpaired) electrons. The van der Waals surface area contributed by atoms with Crippen molar-refractivity contribution in [3.63, 3.8) is 0 Å². The van der Waals surface area contributed by atoms with Gasteiger partial charge in [0.25, 0.3) is 0 Å². The first-order valence-electron chi connectivity index (χ1n) is 8.91. The maximum absolute atomic E-state index is 12.3. The van der Waals surface area contributed by atoms with Crippen LogP contribution in [0.2, 0.25) is 0 Å². The quantitative estimate of drug-likeness (QED) is 0.724. The first-order chi connectivity index (χ1) is 11.6. The summed E-state index contributed by atoms with van der Waals surface area (Å²) in [6.07, 6.45) is 3.45. The minimum atomic E-state index is -0.0353. The first kappa shape index (κ1) is 18.5. The van der Waals surface area contributed by atoms with Crippen molar-refractivity contribution < 1.29 is 9.59 Å². The first-order valence-corrected chi connectivity index (χ1v) is 8.91. The Kier molecular flexibility index (Phi) is 6.79. The van der Waals surface area contributed by atoms with E-state index >= 15 is 0 Å². The number of nitrogens with one attached hydrogen (secondary N) is 2. The highest BCUT2D eigenvalue weighted by Crippen LogP contribution is 2.43. The van der Waals surface area contributed by atoms with Gasteiger partial charge >= 0.3 is 0 Å². The molecule has 0 saturated heterocycles. The standard InChI is InChI=1S/C19H29N3O2/c1-3-20-17(23)13-22(4-2)14-18(24)21-15-19(11-8-12-19)16-9-6-5-7-10-16/h5-7,9-10H,3-4,8,11-15H2,1-2H3,(H,20,23)(H,21,24). The Hall–Kier alpha value is -1.88. The summed E-state index contributed by atoms with van der Waals surface area (Å²) in [6, 6.07) is 10.4. The maximum atomic E-state index is 12.3. The lowest BCUT2D eigenvalue weighted by molar-refractivity contribution is -0.125. The van der Waals surface area contributed by atoms with Crippen LogP contribution >= 0.6 is 0 Å². The van der Waals surface area contributed by atoms with E-state index in [1.807, 2.05) is 24.8 Å². The van der Waals surface area contributed by atoms with Crippen molar-refractivity contribution >= 4 is 11.8 Å². The second-order valence-corrected chi connectivity index (χ2v) is 6.53. The van der Waals surface area contributed by atoms with Gasteiger partial charge in [0.05, 0.1) is 13.1 Å². The Balaban J connectivity index is 1.84. The molecule has 24 heavy (non-hydrogen) atoms. The highest BCUT2D eigenvalue weighted by atomic mass is 16.2. The monoisotopic (exact) mass is 331 g/mol. The molecule has 2 N–H and O–H groups in total. The van der Waals surface area contributed by atoms with Gasteiger partial charge in [-0.25, -0.2) is 0 Å². The third-order valence-electron chi connectivity index (χ3n) is 4.88. The fourth-order valence-corrected chi connectivity index (χ4v) is 3.23. The van der Waals surface area contributed by atoms with Crippen molar-refractivity contribution in [3.05, 3.63) is 35.9 Å². The molecule has 1 aliphatic rings. The van der Waals surface area contributed by atoms with Gasteiger partial charge in [0, 0.05) is 18.5 Å². The van der Waals surface area contributed by atoms with Crippen molar-refractivity contribution in [2.24, 2.45) is 0 Å². The average Bonchev–Trinajstić information content (AvgIpc) is 2.54. The van der Waals surface area contributed by atoms with Crippen molar-refractivity contribution in [2.75, 3.05) is 32.7 Å². The Morgan fingerprint density at radius 1 is 1.04 bits per heavy atom. The Morgan fingerprint density at radius 3 is 2.17 bits per heavy atom. The van der Waals surface area contributed by atoms with Crippen molar-refractivity contribution in [1.29, 1.82) is 0 Å². The fraction of sp³-hybridized carbons (Fsp3) is 0.579. The molecule has 2 rings (SSSR count). The van der Waals surface area contributed by atoms with Crippen LogP contribution in [0.1, 0.15) is 38.7 Å². The van der Waals surface area contributed by atoms with Crippen LogP contribution in [0, 0.1) is 0 Å². The van der Waals surface area contributed by atoms with Crippen LogP contribution in [0.25, 0.3) is 0 Å². The number of hydrogen-bond donors (Lipinski definition) is 2. The molecule has 0 bridgehead atoms. The molecule has 0 spiro atoms. The van der Waals surface area contributed by atoms with Crippen LogP contribution in [-0.4, -0.2) is 49.4 Å².